The molecule has 1 saturated heterocycles. The highest BCUT2D eigenvalue weighted by atomic mass is 19.3. The van der Waals surface area contributed by atoms with Crippen LogP contribution < -0.4 is 5.32 Å². The lowest BCUT2D eigenvalue weighted by molar-refractivity contribution is -0.0303. The Morgan fingerprint density at radius 1 is 1.27 bits per heavy atom. The van der Waals surface area contributed by atoms with Crippen LogP contribution in [0.2, 0.25) is 0 Å². The molecular weight excluding hydrogens is 200 g/mol. The molecule has 15 heavy (non-hydrogen) atoms. The third-order valence-corrected chi connectivity index (χ3v) is 2.70. The van der Waals surface area contributed by atoms with Gasteiger partial charge in [-0.3, -0.25) is 0 Å². The number of phenols is 1. The summed E-state index contributed by atoms with van der Waals surface area (Å²) in [6.07, 6.45) is 0.351. The predicted octanol–water partition coefficient (Wildman–Crippen LogP) is 2.45. The standard InChI is InChI=1S/C11H13F2NO/c12-11(13)6-5-10(14-7-11)8-1-3-9(15)4-2-8/h1-4,10,14-15H,5-7H2. The summed E-state index contributed by atoms with van der Waals surface area (Å²) in [6, 6.07) is 6.64. The average Bonchev–Trinajstić information content (AvgIpc) is 2.20. The van der Waals surface area contributed by atoms with Crippen LogP contribution >= 0.6 is 0 Å². The summed E-state index contributed by atoms with van der Waals surface area (Å²) < 4.78 is 25.7. The van der Waals surface area contributed by atoms with Crippen LogP contribution in [-0.4, -0.2) is 17.6 Å². The molecule has 2 N–H and O–H groups in total. The summed E-state index contributed by atoms with van der Waals surface area (Å²) in [5.74, 6) is -2.38. The minimum atomic E-state index is -2.58. The molecule has 1 atom stereocenters. The number of nitrogens with one attached hydrogen (secondary N) is 1. The molecule has 1 aromatic rings. The summed E-state index contributed by atoms with van der Waals surface area (Å²) in [6.45, 7) is -0.265. The van der Waals surface area contributed by atoms with Crippen molar-refractivity contribution in [2.75, 3.05) is 6.54 Å². The van der Waals surface area contributed by atoms with E-state index in [0.717, 1.165) is 5.56 Å². The molecular formula is C11H13F2NO. The highest BCUT2D eigenvalue weighted by Crippen LogP contribution is 2.31. The Morgan fingerprint density at radius 3 is 2.47 bits per heavy atom. The molecule has 0 aromatic heterocycles. The number of alkyl halides is 2. The zero-order valence-corrected chi connectivity index (χ0v) is 8.21. The third-order valence-electron chi connectivity index (χ3n) is 2.70. The van der Waals surface area contributed by atoms with Crippen LogP contribution in [0.3, 0.4) is 0 Å². The Balaban J connectivity index is 2.04. The van der Waals surface area contributed by atoms with Crippen molar-refractivity contribution in [3.05, 3.63) is 29.8 Å². The zero-order valence-electron chi connectivity index (χ0n) is 8.21. The Morgan fingerprint density at radius 2 is 1.93 bits per heavy atom. The van der Waals surface area contributed by atoms with Crippen molar-refractivity contribution in [2.24, 2.45) is 0 Å². The Hall–Kier alpha value is -1.16. The molecule has 2 rings (SSSR count). The van der Waals surface area contributed by atoms with E-state index < -0.39 is 5.92 Å². The molecule has 1 aliphatic heterocycles. The van der Waals surface area contributed by atoms with E-state index in [1.165, 1.54) is 0 Å². The molecule has 0 bridgehead atoms. The summed E-state index contributed by atoms with van der Waals surface area (Å²) in [7, 11) is 0. The van der Waals surface area contributed by atoms with E-state index in [9.17, 15) is 8.78 Å². The number of hydrogen-bond donors (Lipinski definition) is 2. The molecule has 82 valence electrons. The molecule has 1 fully saturated rings. The van der Waals surface area contributed by atoms with E-state index in [0.29, 0.717) is 6.42 Å². The third kappa shape index (κ3) is 2.45. The van der Waals surface area contributed by atoms with E-state index >= 15 is 0 Å². The molecule has 0 spiro atoms. The molecule has 4 heteroatoms. The monoisotopic (exact) mass is 213 g/mol. The van der Waals surface area contributed by atoms with E-state index in [2.05, 4.69) is 5.32 Å². The molecule has 1 aromatic carbocycles. The van der Waals surface area contributed by atoms with Gasteiger partial charge in [0.2, 0.25) is 0 Å². The summed E-state index contributed by atoms with van der Waals surface area (Å²) in [5.41, 5.74) is 0.948. The number of hydrogen-bond acceptors (Lipinski definition) is 2. The SMILES string of the molecule is Oc1ccc(C2CCC(F)(F)CN2)cc1. The van der Waals surface area contributed by atoms with Crippen molar-refractivity contribution in [2.45, 2.75) is 24.8 Å². The number of halogens is 2. The zero-order chi connectivity index (χ0) is 10.9. The molecule has 2 nitrogen and oxygen atoms in total. The van der Waals surface area contributed by atoms with Crippen molar-refractivity contribution in [3.63, 3.8) is 0 Å². The highest BCUT2D eigenvalue weighted by molar-refractivity contribution is 5.28. The smallest absolute Gasteiger partial charge is 0.260 e. The predicted molar refractivity (Wildman–Crippen MR) is 53.0 cm³/mol. The lowest BCUT2D eigenvalue weighted by Gasteiger charge is -2.29. The second-order valence-electron chi connectivity index (χ2n) is 3.92. The van der Waals surface area contributed by atoms with Crippen LogP contribution in [0.25, 0.3) is 0 Å². The molecule has 1 unspecified atom stereocenters. The number of rotatable bonds is 1. The fourth-order valence-electron chi connectivity index (χ4n) is 1.81. The van der Waals surface area contributed by atoms with Gasteiger partial charge in [0.25, 0.3) is 5.92 Å². The molecule has 0 saturated carbocycles. The first-order valence-corrected chi connectivity index (χ1v) is 4.97. The van der Waals surface area contributed by atoms with E-state index in [4.69, 9.17) is 5.11 Å². The topological polar surface area (TPSA) is 32.3 Å². The van der Waals surface area contributed by atoms with Crippen LogP contribution in [0.4, 0.5) is 8.78 Å². The lowest BCUT2D eigenvalue weighted by Crippen LogP contribution is -2.40. The van der Waals surface area contributed by atoms with Gasteiger partial charge in [0.05, 0.1) is 6.54 Å². The first kappa shape index (κ1) is 10.4. The average molecular weight is 213 g/mol. The van der Waals surface area contributed by atoms with Crippen molar-refractivity contribution in [3.8, 4) is 5.75 Å². The maximum atomic E-state index is 12.9. The number of benzene rings is 1. The molecule has 1 aliphatic rings. The summed E-state index contributed by atoms with van der Waals surface area (Å²) in [5, 5.41) is 11.9. The van der Waals surface area contributed by atoms with Crippen LogP contribution in [0, 0.1) is 0 Å². The van der Waals surface area contributed by atoms with Gasteiger partial charge in [-0.25, -0.2) is 8.78 Å². The van der Waals surface area contributed by atoms with E-state index in [-0.39, 0.29) is 24.8 Å². The second kappa shape index (κ2) is 3.77. The molecule has 0 radical (unpaired) electrons. The normalized spacial score (nSPS) is 25.1. The lowest BCUT2D eigenvalue weighted by atomic mass is 9.96. The summed E-state index contributed by atoms with van der Waals surface area (Å²) >= 11 is 0. The van der Waals surface area contributed by atoms with Gasteiger partial charge in [-0.05, 0) is 24.1 Å². The van der Waals surface area contributed by atoms with Crippen LogP contribution in [0.1, 0.15) is 24.4 Å². The number of piperidine rings is 1. The number of phenolic OH excluding ortho intramolecular Hbond substituents is 1. The quantitative estimate of drug-likeness (QED) is 0.751. The van der Waals surface area contributed by atoms with Gasteiger partial charge in [-0.15, -0.1) is 0 Å². The van der Waals surface area contributed by atoms with Crippen molar-refractivity contribution in [1.82, 2.24) is 5.32 Å². The Bertz CT molecular complexity index is 327. The van der Waals surface area contributed by atoms with Crippen molar-refractivity contribution >= 4 is 0 Å². The van der Waals surface area contributed by atoms with Crippen LogP contribution in [-0.2, 0) is 0 Å². The van der Waals surface area contributed by atoms with Crippen LogP contribution in [0.15, 0.2) is 24.3 Å². The van der Waals surface area contributed by atoms with Gasteiger partial charge in [-0.1, -0.05) is 12.1 Å². The fourth-order valence-corrected chi connectivity index (χ4v) is 1.81. The summed E-state index contributed by atoms with van der Waals surface area (Å²) in [4.78, 5) is 0. The number of aromatic hydroxyl groups is 1. The van der Waals surface area contributed by atoms with Gasteiger partial charge in [0.15, 0.2) is 0 Å². The van der Waals surface area contributed by atoms with Gasteiger partial charge in [-0.2, -0.15) is 0 Å². The molecule has 0 aliphatic carbocycles. The first-order valence-electron chi connectivity index (χ1n) is 4.97. The van der Waals surface area contributed by atoms with Gasteiger partial charge < -0.3 is 10.4 Å². The fraction of sp³-hybridized carbons (Fsp3) is 0.455. The maximum absolute atomic E-state index is 12.9. The van der Waals surface area contributed by atoms with E-state index in [1.807, 2.05) is 0 Å². The maximum Gasteiger partial charge on any atom is 0.260 e. The first-order chi connectivity index (χ1) is 7.07. The molecule has 1 heterocycles. The van der Waals surface area contributed by atoms with Crippen LogP contribution in [0.5, 0.6) is 5.75 Å². The largest absolute Gasteiger partial charge is 0.508 e. The van der Waals surface area contributed by atoms with Crippen molar-refractivity contribution in [1.29, 1.82) is 0 Å². The van der Waals surface area contributed by atoms with Gasteiger partial charge in [0, 0.05) is 12.5 Å². The molecule has 0 amide bonds. The minimum Gasteiger partial charge on any atom is -0.508 e. The van der Waals surface area contributed by atoms with Gasteiger partial charge >= 0.3 is 0 Å². The minimum absolute atomic E-state index is 0.0229. The Labute approximate surface area is 86.9 Å². The van der Waals surface area contributed by atoms with Crippen molar-refractivity contribution < 1.29 is 13.9 Å². The second-order valence-corrected chi connectivity index (χ2v) is 3.92. The Kier molecular flexibility index (Phi) is 2.61. The van der Waals surface area contributed by atoms with Gasteiger partial charge in [0.1, 0.15) is 5.75 Å². The van der Waals surface area contributed by atoms with E-state index in [1.54, 1.807) is 24.3 Å². The highest BCUT2D eigenvalue weighted by Gasteiger charge is 2.34.